The van der Waals surface area contributed by atoms with Crippen molar-refractivity contribution in [2.24, 2.45) is 5.92 Å². The third kappa shape index (κ3) is 3.09. The van der Waals surface area contributed by atoms with E-state index < -0.39 is 0 Å². The predicted molar refractivity (Wildman–Crippen MR) is 97.5 cm³/mol. The van der Waals surface area contributed by atoms with E-state index in [2.05, 4.69) is 6.07 Å². The third-order valence-corrected chi connectivity index (χ3v) is 5.30. The van der Waals surface area contributed by atoms with Gasteiger partial charge in [-0.2, -0.15) is 0 Å². The summed E-state index contributed by atoms with van der Waals surface area (Å²) in [7, 11) is 0. The van der Waals surface area contributed by atoms with Crippen LogP contribution < -0.4 is 4.90 Å². The summed E-state index contributed by atoms with van der Waals surface area (Å²) in [6.07, 6.45) is 2.48. The number of nitrogens with zero attached hydrogens (tertiary/aromatic N) is 2. The lowest BCUT2D eigenvalue weighted by molar-refractivity contribution is -0.123. The predicted octanol–water partition coefficient (Wildman–Crippen LogP) is 3.27. The molecule has 1 atom stereocenters. The molecule has 0 aromatic heterocycles. The molecule has 0 bridgehead atoms. The SMILES string of the molecule is O=C(c1ccc(F)cc1)N1CCC[C@H](C(=O)N2CCc3ccccc32)C1. The molecule has 2 aliphatic rings. The first-order chi connectivity index (χ1) is 12.6. The van der Waals surface area contributed by atoms with Crippen LogP contribution in [0.2, 0.25) is 0 Å². The van der Waals surface area contributed by atoms with Crippen molar-refractivity contribution in [2.45, 2.75) is 19.3 Å². The van der Waals surface area contributed by atoms with Gasteiger partial charge < -0.3 is 9.80 Å². The van der Waals surface area contributed by atoms with Crippen LogP contribution in [-0.2, 0) is 11.2 Å². The van der Waals surface area contributed by atoms with Crippen LogP contribution in [0.5, 0.6) is 0 Å². The number of halogens is 1. The highest BCUT2D eigenvalue weighted by atomic mass is 19.1. The second-order valence-electron chi connectivity index (χ2n) is 6.97. The van der Waals surface area contributed by atoms with Gasteiger partial charge in [-0.25, -0.2) is 4.39 Å². The van der Waals surface area contributed by atoms with E-state index in [-0.39, 0.29) is 23.5 Å². The van der Waals surface area contributed by atoms with Crippen LogP contribution in [0.15, 0.2) is 48.5 Å². The van der Waals surface area contributed by atoms with Crippen molar-refractivity contribution in [3.8, 4) is 0 Å². The first-order valence-electron chi connectivity index (χ1n) is 9.07. The quantitative estimate of drug-likeness (QED) is 0.832. The van der Waals surface area contributed by atoms with Gasteiger partial charge in [0.05, 0.1) is 5.92 Å². The fraction of sp³-hybridized carbons (Fsp3) is 0.333. The summed E-state index contributed by atoms with van der Waals surface area (Å²) >= 11 is 0. The molecule has 5 heteroatoms. The minimum atomic E-state index is -0.360. The van der Waals surface area contributed by atoms with Crippen LogP contribution in [0.1, 0.15) is 28.8 Å². The Morgan fingerprint density at radius 3 is 2.58 bits per heavy atom. The molecule has 2 heterocycles. The van der Waals surface area contributed by atoms with Crippen molar-refractivity contribution >= 4 is 17.5 Å². The first-order valence-corrected chi connectivity index (χ1v) is 9.07. The summed E-state index contributed by atoms with van der Waals surface area (Å²) < 4.78 is 13.1. The molecule has 0 unspecified atom stereocenters. The second-order valence-corrected chi connectivity index (χ2v) is 6.97. The highest BCUT2D eigenvalue weighted by Gasteiger charge is 2.34. The summed E-state index contributed by atoms with van der Waals surface area (Å²) in [5, 5.41) is 0. The van der Waals surface area contributed by atoms with E-state index in [1.807, 2.05) is 23.1 Å². The first kappa shape index (κ1) is 16.8. The molecule has 134 valence electrons. The molecule has 2 aromatic rings. The van der Waals surface area contributed by atoms with Gasteiger partial charge in [-0.3, -0.25) is 9.59 Å². The van der Waals surface area contributed by atoms with Crippen LogP contribution in [0.4, 0.5) is 10.1 Å². The molecule has 0 N–H and O–H groups in total. The minimum Gasteiger partial charge on any atom is -0.338 e. The number of amides is 2. The van der Waals surface area contributed by atoms with Gasteiger partial charge in [0.2, 0.25) is 5.91 Å². The lowest BCUT2D eigenvalue weighted by atomic mass is 9.95. The number of carbonyl (C=O) groups excluding carboxylic acids is 2. The molecule has 4 rings (SSSR count). The molecular weight excluding hydrogens is 331 g/mol. The van der Waals surface area contributed by atoms with Gasteiger partial charge in [-0.05, 0) is 55.2 Å². The Morgan fingerprint density at radius 2 is 1.77 bits per heavy atom. The average Bonchev–Trinajstić information content (AvgIpc) is 3.12. The maximum atomic E-state index is 13.1. The molecule has 2 aliphatic heterocycles. The van der Waals surface area contributed by atoms with Gasteiger partial charge >= 0.3 is 0 Å². The number of fused-ring (bicyclic) bond motifs is 1. The third-order valence-electron chi connectivity index (χ3n) is 5.30. The van der Waals surface area contributed by atoms with Crippen molar-refractivity contribution < 1.29 is 14.0 Å². The van der Waals surface area contributed by atoms with Crippen LogP contribution >= 0.6 is 0 Å². The lowest BCUT2D eigenvalue weighted by Crippen LogP contribution is -2.46. The Balaban J connectivity index is 1.48. The monoisotopic (exact) mass is 352 g/mol. The fourth-order valence-electron chi connectivity index (χ4n) is 3.93. The summed E-state index contributed by atoms with van der Waals surface area (Å²) in [6.45, 7) is 1.77. The number of benzene rings is 2. The number of rotatable bonds is 2. The molecule has 1 fully saturated rings. The van der Waals surface area contributed by atoms with E-state index in [4.69, 9.17) is 0 Å². The van der Waals surface area contributed by atoms with E-state index in [1.54, 1.807) is 4.90 Å². The summed E-state index contributed by atoms with van der Waals surface area (Å²) in [5.74, 6) is -0.573. The fourth-order valence-corrected chi connectivity index (χ4v) is 3.93. The zero-order chi connectivity index (χ0) is 18.1. The lowest BCUT2D eigenvalue weighted by Gasteiger charge is -2.34. The van der Waals surface area contributed by atoms with E-state index in [0.717, 1.165) is 24.9 Å². The molecule has 0 saturated carbocycles. The van der Waals surface area contributed by atoms with Gasteiger partial charge in [-0.15, -0.1) is 0 Å². The van der Waals surface area contributed by atoms with Crippen molar-refractivity contribution in [3.05, 3.63) is 65.5 Å². The van der Waals surface area contributed by atoms with E-state index in [9.17, 15) is 14.0 Å². The average molecular weight is 352 g/mol. The standard InChI is InChI=1S/C21H21FN2O2/c22-18-9-7-16(8-10-18)20(25)23-12-3-5-17(14-23)21(26)24-13-11-15-4-1-2-6-19(15)24/h1-2,4,6-10,17H,3,5,11-14H2/t17-/m0/s1. The molecule has 4 nitrogen and oxygen atoms in total. The Kier molecular flexibility index (Phi) is 4.45. The highest BCUT2D eigenvalue weighted by molar-refractivity contribution is 5.98. The van der Waals surface area contributed by atoms with Crippen molar-refractivity contribution in [2.75, 3.05) is 24.5 Å². The maximum Gasteiger partial charge on any atom is 0.253 e. The topological polar surface area (TPSA) is 40.6 Å². The summed E-state index contributed by atoms with van der Waals surface area (Å²) in [6, 6.07) is 13.6. The van der Waals surface area contributed by atoms with Gasteiger partial charge in [-0.1, -0.05) is 18.2 Å². The number of carbonyl (C=O) groups is 2. The molecule has 2 aromatic carbocycles. The van der Waals surface area contributed by atoms with E-state index in [0.29, 0.717) is 25.2 Å². The van der Waals surface area contributed by atoms with E-state index >= 15 is 0 Å². The molecular formula is C21H21FN2O2. The van der Waals surface area contributed by atoms with Gasteiger partial charge in [0.25, 0.3) is 5.91 Å². The summed E-state index contributed by atoms with van der Waals surface area (Å²) in [4.78, 5) is 29.3. The number of likely N-dealkylation sites (tertiary alicyclic amines) is 1. The number of hydrogen-bond acceptors (Lipinski definition) is 2. The Labute approximate surface area is 152 Å². The van der Waals surface area contributed by atoms with Crippen molar-refractivity contribution in [3.63, 3.8) is 0 Å². The number of para-hydroxylation sites is 1. The molecule has 0 radical (unpaired) electrons. The van der Waals surface area contributed by atoms with Gasteiger partial charge in [0.1, 0.15) is 5.82 Å². The number of hydrogen-bond donors (Lipinski definition) is 0. The molecule has 26 heavy (non-hydrogen) atoms. The smallest absolute Gasteiger partial charge is 0.253 e. The normalized spacial score (nSPS) is 19.3. The molecule has 0 aliphatic carbocycles. The van der Waals surface area contributed by atoms with Crippen LogP contribution in [0.3, 0.4) is 0 Å². The largest absolute Gasteiger partial charge is 0.338 e. The van der Waals surface area contributed by atoms with Crippen LogP contribution in [0, 0.1) is 11.7 Å². The molecule has 0 spiro atoms. The van der Waals surface area contributed by atoms with Crippen molar-refractivity contribution in [1.82, 2.24) is 4.90 Å². The Bertz CT molecular complexity index is 834. The second kappa shape index (κ2) is 6.90. The number of piperidine rings is 1. The highest BCUT2D eigenvalue weighted by Crippen LogP contribution is 2.30. The van der Waals surface area contributed by atoms with E-state index in [1.165, 1.54) is 29.8 Å². The zero-order valence-electron chi connectivity index (χ0n) is 14.5. The van der Waals surface area contributed by atoms with Crippen LogP contribution in [0.25, 0.3) is 0 Å². The maximum absolute atomic E-state index is 13.1. The van der Waals surface area contributed by atoms with Gasteiger partial charge in [0, 0.05) is 30.9 Å². The minimum absolute atomic E-state index is 0.103. The number of anilines is 1. The molecule has 2 amide bonds. The molecule has 1 saturated heterocycles. The summed E-state index contributed by atoms with van der Waals surface area (Å²) in [5.41, 5.74) is 2.67. The van der Waals surface area contributed by atoms with Crippen molar-refractivity contribution in [1.29, 1.82) is 0 Å². The Morgan fingerprint density at radius 1 is 1.00 bits per heavy atom. The van der Waals surface area contributed by atoms with Crippen LogP contribution in [-0.4, -0.2) is 36.3 Å². The Hall–Kier alpha value is -2.69. The zero-order valence-corrected chi connectivity index (χ0v) is 14.5. The van der Waals surface area contributed by atoms with Gasteiger partial charge in [0.15, 0.2) is 0 Å².